The summed E-state index contributed by atoms with van der Waals surface area (Å²) >= 11 is 7.32. The summed E-state index contributed by atoms with van der Waals surface area (Å²) in [6.07, 6.45) is 4.83. The monoisotopic (exact) mass is 378 g/mol. The van der Waals surface area contributed by atoms with Crippen molar-refractivity contribution in [2.45, 2.75) is 38.1 Å². The van der Waals surface area contributed by atoms with Crippen LogP contribution in [0.2, 0.25) is 5.02 Å². The van der Waals surface area contributed by atoms with Gasteiger partial charge in [-0.1, -0.05) is 43.0 Å². The molecule has 7 heteroatoms. The predicted molar refractivity (Wildman–Crippen MR) is 98.0 cm³/mol. The molecule has 0 bridgehead atoms. The number of nitrogens with zero attached hydrogens (tertiary/aromatic N) is 1. The van der Waals surface area contributed by atoms with Crippen molar-refractivity contribution in [1.82, 2.24) is 10.3 Å². The fourth-order valence-corrected chi connectivity index (χ4v) is 4.18. The number of benzene rings is 1. The van der Waals surface area contributed by atoms with Crippen LogP contribution in [0, 0.1) is 5.92 Å². The van der Waals surface area contributed by atoms with Gasteiger partial charge in [-0.25, -0.2) is 9.78 Å². The lowest BCUT2D eigenvalue weighted by molar-refractivity contribution is -0.141. The highest BCUT2D eigenvalue weighted by Gasteiger charge is 2.31. The average Bonchev–Trinajstić information content (AvgIpc) is 3.10. The van der Waals surface area contributed by atoms with E-state index in [9.17, 15) is 14.7 Å². The maximum atomic E-state index is 12.5. The molecule has 2 N–H and O–H groups in total. The second kappa shape index (κ2) is 7.97. The molecule has 3 rings (SSSR count). The van der Waals surface area contributed by atoms with Crippen LogP contribution in [0.25, 0.3) is 10.6 Å². The van der Waals surface area contributed by atoms with Gasteiger partial charge in [-0.15, -0.1) is 11.3 Å². The normalized spacial score (nSPS) is 16.4. The number of halogens is 1. The quantitative estimate of drug-likeness (QED) is 0.816. The van der Waals surface area contributed by atoms with E-state index in [2.05, 4.69) is 10.3 Å². The number of aliphatic carboxylic acids is 1. The van der Waals surface area contributed by atoms with Crippen molar-refractivity contribution in [2.75, 3.05) is 0 Å². The fourth-order valence-electron chi connectivity index (χ4n) is 3.20. The first-order valence-electron chi connectivity index (χ1n) is 8.30. The van der Waals surface area contributed by atoms with Crippen LogP contribution in [0.5, 0.6) is 0 Å². The minimum Gasteiger partial charge on any atom is -0.480 e. The number of thiazole rings is 1. The number of carboxylic acids is 1. The Balaban J connectivity index is 1.73. The first-order chi connectivity index (χ1) is 12.0. The van der Waals surface area contributed by atoms with E-state index in [0.29, 0.717) is 10.0 Å². The number of amides is 1. The van der Waals surface area contributed by atoms with E-state index in [0.717, 1.165) is 37.7 Å². The molecule has 1 saturated carbocycles. The van der Waals surface area contributed by atoms with Gasteiger partial charge < -0.3 is 10.4 Å². The lowest BCUT2D eigenvalue weighted by Crippen LogP contribution is -2.46. The van der Waals surface area contributed by atoms with Crippen LogP contribution < -0.4 is 5.32 Å². The average molecular weight is 379 g/mol. The van der Waals surface area contributed by atoms with Gasteiger partial charge in [-0.2, -0.15) is 0 Å². The Bertz CT molecular complexity index is 771. The van der Waals surface area contributed by atoms with E-state index in [4.69, 9.17) is 11.6 Å². The highest BCUT2D eigenvalue weighted by atomic mass is 35.5. The number of carboxylic acid groups (broad SMARTS) is 1. The topological polar surface area (TPSA) is 79.3 Å². The van der Waals surface area contributed by atoms with E-state index in [-0.39, 0.29) is 11.6 Å². The summed E-state index contributed by atoms with van der Waals surface area (Å²) in [6, 6.07) is 6.39. The Hall–Kier alpha value is -1.92. The molecule has 0 radical (unpaired) electrons. The van der Waals surface area contributed by atoms with E-state index in [1.54, 1.807) is 17.5 Å². The molecule has 1 amide bonds. The number of hydrogen-bond acceptors (Lipinski definition) is 4. The number of nitrogens with one attached hydrogen (secondary N) is 1. The lowest BCUT2D eigenvalue weighted by Gasteiger charge is -2.27. The Morgan fingerprint density at radius 2 is 2.04 bits per heavy atom. The first-order valence-corrected chi connectivity index (χ1v) is 9.55. The molecule has 0 saturated heterocycles. The Morgan fingerprint density at radius 3 is 2.72 bits per heavy atom. The van der Waals surface area contributed by atoms with Crippen LogP contribution in [-0.4, -0.2) is 28.0 Å². The summed E-state index contributed by atoms with van der Waals surface area (Å²) in [5.74, 6) is -1.44. The molecule has 1 aliphatic rings. The molecule has 1 aromatic carbocycles. The maximum absolute atomic E-state index is 12.5. The maximum Gasteiger partial charge on any atom is 0.326 e. The summed E-state index contributed by atoms with van der Waals surface area (Å²) in [5, 5.41) is 15.1. The van der Waals surface area contributed by atoms with Crippen LogP contribution in [0.15, 0.2) is 29.6 Å². The third-order valence-electron chi connectivity index (χ3n) is 4.48. The molecule has 1 fully saturated rings. The number of rotatable bonds is 5. The Morgan fingerprint density at radius 1 is 1.28 bits per heavy atom. The third kappa shape index (κ3) is 4.38. The van der Waals surface area contributed by atoms with E-state index < -0.39 is 17.9 Å². The van der Waals surface area contributed by atoms with Gasteiger partial charge in [0.15, 0.2) is 0 Å². The molecule has 0 spiro atoms. The number of carbonyl (C=O) groups is 2. The van der Waals surface area contributed by atoms with Gasteiger partial charge in [0.05, 0.1) is 0 Å². The van der Waals surface area contributed by atoms with Crippen molar-refractivity contribution in [3.8, 4) is 10.6 Å². The van der Waals surface area contributed by atoms with Crippen molar-refractivity contribution in [3.05, 3.63) is 40.4 Å². The van der Waals surface area contributed by atoms with Crippen LogP contribution in [0.3, 0.4) is 0 Å². The van der Waals surface area contributed by atoms with Gasteiger partial charge >= 0.3 is 5.97 Å². The van der Waals surface area contributed by atoms with Gasteiger partial charge in [-0.05, 0) is 30.9 Å². The van der Waals surface area contributed by atoms with E-state index in [1.165, 1.54) is 11.3 Å². The smallest absolute Gasteiger partial charge is 0.326 e. The summed E-state index contributed by atoms with van der Waals surface area (Å²) in [6.45, 7) is 0. The summed E-state index contributed by atoms with van der Waals surface area (Å²) in [7, 11) is 0. The molecular formula is C18H19ClN2O3S. The van der Waals surface area contributed by atoms with Crippen LogP contribution in [0.1, 0.15) is 42.6 Å². The summed E-state index contributed by atoms with van der Waals surface area (Å²) in [4.78, 5) is 28.4. The van der Waals surface area contributed by atoms with E-state index in [1.807, 2.05) is 12.1 Å². The zero-order valence-electron chi connectivity index (χ0n) is 13.6. The number of hydrogen-bond donors (Lipinski definition) is 2. The van der Waals surface area contributed by atoms with Crippen LogP contribution in [0.4, 0.5) is 0 Å². The first kappa shape index (κ1) is 17.9. The zero-order chi connectivity index (χ0) is 17.8. The van der Waals surface area contributed by atoms with Crippen molar-refractivity contribution in [3.63, 3.8) is 0 Å². The minimum atomic E-state index is -0.981. The minimum absolute atomic E-state index is 0.0127. The predicted octanol–water partition coefficient (Wildman–Crippen LogP) is 4.23. The molecule has 1 atom stereocenters. The van der Waals surface area contributed by atoms with Gasteiger partial charge in [0, 0.05) is 16.0 Å². The molecule has 1 heterocycles. The van der Waals surface area contributed by atoms with Crippen LogP contribution >= 0.6 is 22.9 Å². The van der Waals surface area contributed by atoms with Gasteiger partial charge in [-0.3, -0.25) is 4.79 Å². The molecular weight excluding hydrogens is 360 g/mol. The van der Waals surface area contributed by atoms with E-state index >= 15 is 0 Å². The molecule has 0 unspecified atom stereocenters. The molecule has 5 nitrogen and oxygen atoms in total. The van der Waals surface area contributed by atoms with Gasteiger partial charge in [0.2, 0.25) is 0 Å². The molecule has 132 valence electrons. The highest BCUT2D eigenvalue weighted by molar-refractivity contribution is 7.13. The largest absolute Gasteiger partial charge is 0.480 e. The zero-order valence-corrected chi connectivity index (χ0v) is 15.1. The molecule has 1 aromatic heterocycles. The summed E-state index contributed by atoms with van der Waals surface area (Å²) < 4.78 is 0. The van der Waals surface area contributed by atoms with Gasteiger partial charge in [0.25, 0.3) is 5.91 Å². The molecule has 1 aliphatic carbocycles. The summed E-state index contributed by atoms with van der Waals surface area (Å²) in [5.41, 5.74) is 1.07. The van der Waals surface area contributed by atoms with Crippen molar-refractivity contribution >= 4 is 34.8 Å². The van der Waals surface area contributed by atoms with Crippen molar-refractivity contribution in [2.24, 2.45) is 5.92 Å². The molecule has 2 aromatic rings. The standard InChI is InChI=1S/C18H19ClN2O3S/c19-13-8-4-7-12(9-13)17-20-14(10-25-17)16(22)21-15(18(23)24)11-5-2-1-3-6-11/h4,7-11,15H,1-3,5-6H2,(H,21,22)(H,23,24)/t15-/m0/s1. The third-order valence-corrected chi connectivity index (χ3v) is 5.61. The molecule has 0 aliphatic heterocycles. The molecule has 25 heavy (non-hydrogen) atoms. The van der Waals surface area contributed by atoms with Crippen molar-refractivity contribution < 1.29 is 14.7 Å². The second-order valence-electron chi connectivity index (χ2n) is 6.24. The van der Waals surface area contributed by atoms with Crippen molar-refractivity contribution in [1.29, 1.82) is 0 Å². The van der Waals surface area contributed by atoms with Gasteiger partial charge in [0.1, 0.15) is 16.7 Å². The number of carbonyl (C=O) groups excluding carboxylic acids is 1. The highest BCUT2D eigenvalue weighted by Crippen LogP contribution is 2.28. The SMILES string of the molecule is O=C(N[C@H](C(=O)O)C1CCCCC1)c1csc(-c2cccc(Cl)c2)n1. The lowest BCUT2D eigenvalue weighted by atomic mass is 9.84. The van der Waals surface area contributed by atoms with Crippen LogP contribution in [-0.2, 0) is 4.79 Å². The second-order valence-corrected chi connectivity index (χ2v) is 7.53. The fraction of sp³-hybridized carbons (Fsp3) is 0.389. The number of aromatic nitrogens is 1. The Labute approximate surface area is 155 Å². The Kier molecular flexibility index (Phi) is 5.71.